The summed E-state index contributed by atoms with van der Waals surface area (Å²) in [7, 11) is 3.92. The van der Waals surface area contributed by atoms with E-state index in [9.17, 15) is 10.1 Å². The van der Waals surface area contributed by atoms with Gasteiger partial charge in [-0.2, -0.15) is 5.26 Å². The molecular formula is C13H18N4O3. The normalized spacial score (nSPS) is 10.3. The van der Waals surface area contributed by atoms with Crippen molar-refractivity contribution in [1.82, 2.24) is 4.90 Å². The van der Waals surface area contributed by atoms with Gasteiger partial charge in [0.15, 0.2) is 0 Å². The molecule has 20 heavy (non-hydrogen) atoms. The molecule has 0 saturated heterocycles. The lowest BCUT2D eigenvalue weighted by molar-refractivity contribution is -0.384. The van der Waals surface area contributed by atoms with Crippen molar-refractivity contribution in [2.75, 3.05) is 45.7 Å². The maximum atomic E-state index is 10.9. The zero-order valence-corrected chi connectivity index (χ0v) is 11.6. The molecule has 0 unspecified atom stereocenters. The number of nitro benzene ring substituents is 1. The van der Waals surface area contributed by atoms with Gasteiger partial charge in [0.2, 0.25) is 0 Å². The lowest BCUT2D eigenvalue weighted by atomic mass is 10.2. The topological polar surface area (TPSA) is 91.4 Å². The molecule has 1 aromatic rings. The van der Waals surface area contributed by atoms with E-state index in [2.05, 4.69) is 5.32 Å². The van der Waals surface area contributed by atoms with Crippen LogP contribution in [0.15, 0.2) is 18.2 Å². The molecule has 7 heteroatoms. The molecular weight excluding hydrogens is 260 g/mol. The second kappa shape index (κ2) is 8.09. The Morgan fingerprint density at radius 2 is 2.20 bits per heavy atom. The molecule has 1 aromatic carbocycles. The van der Waals surface area contributed by atoms with Gasteiger partial charge < -0.3 is 15.0 Å². The molecule has 0 fully saturated rings. The molecule has 0 aliphatic rings. The average molecular weight is 278 g/mol. The van der Waals surface area contributed by atoms with Crippen LogP contribution >= 0.6 is 0 Å². The van der Waals surface area contributed by atoms with E-state index in [1.165, 1.54) is 12.1 Å². The number of nitrogens with one attached hydrogen (secondary N) is 1. The summed E-state index contributed by atoms with van der Waals surface area (Å²) in [4.78, 5) is 12.4. The fourth-order valence-electron chi connectivity index (χ4n) is 1.51. The highest BCUT2D eigenvalue weighted by molar-refractivity contribution is 5.63. The first-order valence-electron chi connectivity index (χ1n) is 6.19. The highest BCUT2D eigenvalue weighted by atomic mass is 16.6. The first kappa shape index (κ1) is 15.9. The SMILES string of the molecule is CN(C)CCOCCNc1ccc(C#N)cc1[N+](=O)[O-]. The second-order valence-corrected chi connectivity index (χ2v) is 4.44. The van der Waals surface area contributed by atoms with Gasteiger partial charge in [0.1, 0.15) is 5.69 Å². The molecule has 7 nitrogen and oxygen atoms in total. The molecule has 1 N–H and O–H groups in total. The Morgan fingerprint density at radius 3 is 2.80 bits per heavy atom. The van der Waals surface area contributed by atoms with Crippen LogP contribution in [-0.4, -0.2) is 50.2 Å². The number of likely N-dealkylation sites (N-methyl/N-ethyl adjacent to an activating group) is 1. The fraction of sp³-hybridized carbons (Fsp3) is 0.462. The minimum atomic E-state index is -0.504. The predicted molar refractivity (Wildman–Crippen MR) is 75.7 cm³/mol. The molecule has 0 atom stereocenters. The second-order valence-electron chi connectivity index (χ2n) is 4.44. The number of nitrogens with zero attached hydrogens (tertiary/aromatic N) is 3. The third-order valence-electron chi connectivity index (χ3n) is 2.57. The van der Waals surface area contributed by atoms with E-state index in [-0.39, 0.29) is 11.3 Å². The summed E-state index contributed by atoms with van der Waals surface area (Å²) in [6, 6.07) is 6.22. The Kier molecular flexibility index (Phi) is 6.43. The summed E-state index contributed by atoms with van der Waals surface area (Å²) in [5, 5.41) is 22.6. The zero-order chi connectivity index (χ0) is 15.0. The van der Waals surface area contributed by atoms with E-state index in [0.717, 1.165) is 6.54 Å². The Balaban J connectivity index is 2.48. The Labute approximate surface area is 117 Å². The Morgan fingerprint density at radius 1 is 1.45 bits per heavy atom. The van der Waals surface area contributed by atoms with Gasteiger partial charge in [-0.05, 0) is 26.2 Å². The van der Waals surface area contributed by atoms with Gasteiger partial charge in [0.25, 0.3) is 5.69 Å². The molecule has 108 valence electrons. The third kappa shape index (κ3) is 5.22. The van der Waals surface area contributed by atoms with E-state index in [0.29, 0.717) is 25.4 Å². The van der Waals surface area contributed by atoms with Crippen LogP contribution < -0.4 is 5.32 Å². The van der Waals surface area contributed by atoms with Gasteiger partial charge in [-0.1, -0.05) is 0 Å². The number of nitriles is 1. The molecule has 0 spiro atoms. The van der Waals surface area contributed by atoms with Gasteiger partial charge in [0, 0.05) is 19.2 Å². The van der Waals surface area contributed by atoms with Gasteiger partial charge in [0.05, 0.1) is 29.8 Å². The van der Waals surface area contributed by atoms with Crippen LogP contribution in [0.5, 0.6) is 0 Å². The van der Waals surface area contributed by atoms with Gasteiger partial charge in [-0.3, -0.25) is 10.1 Å². The van der Waals surface area contributed by atoms with Crippen LogP contribution in [0.25, 0.3) is 0 Å². The number of anilines is 1. The smallest absolute Gasteiger partial charge is 0.293 e. The highest BCUT2D eigenvalue weighted by Crippen LogP contribution is 2.24. The molecule has 0 saturated carbocycles. The van der Waals surface area contributed by atoms with E-state index in [1.54, 1.807) is 6.07 Å². The molecule has 0 bridgehead atoms. The summed E-state index contributed by atoms with van der Waals surface area (Å²) < 4.78 is 5.39. The van der Waals surface area contributed by atoms with Crippen molar-refractivity contribution in [1.29, 1.82) is 5.26 Å². The maximum absolute atomic E-state index is 10.9. The summed E-state index contributed by atoms with van der Waals surface area (Å²) in [6.45, 7) is 2.38. The number of ether oxygens (including phenoxy) is 1. The van der Waals surface area contributed by atoms with Crippen molar-refractivity contribution in [3.63, 3.8) is 0 Å². The molecule has 0 radical (unpaired) electrons. The number of hydrogen-bond donors (Lipinski definition) is 1. The van der Waals surface area contributed by atoms with Gasteiger partial charge >= 0.3 is 0 Å². The minimum Gasteiger partial charge on any atom is -0.378 e. The van der Waals surface area contributed by atoms with Crippen molar-refractivity contribution < 1.29 is 9.66 Å². The van der Waals surface area contributed by atoms with Crippen LogP contribution in [0, 0.1) is 21.4 Å². The minimum absolute atomic E-state index is 0.0997. The molecule has 0 amide bonds. The largest absolute Gasteiger partial charge is 0.378 e. The third-order valence-corrected chi connectivity index (χ3v) is 2.57. The Bertz CT molecular complexity index is 497. The maximum Gasteiger partial charge on any atom is 0.293 e. The van der Waals surface area contributed by atoms with Crippen LogP contribution in [0.3, 0.4) is 0 Å². The Hall–Kier alpha value is -2.17. The quantitative estimate of drug-likeness (QED) is 0.439. The number of hydrogen-bond acceptors (Lipinski definition) is 6. The number of rotatable bonds is 8. The van der Waals surface area contributed by atoms with Gasteiger partial charge in [-0.25, -0.2) is 0 Å². The van der Waals surface area contributed by atoms with Crippen LogP contribution in [0.4, 0.5) is 11.4 Å². The molecule has 1 rings (SSSR count). The van der Waals surface area contributed by atoms with E-state index < -0.39 is 4.92 Å². The average Bonchev–Trinajstić information content (AvgIpc) is 2.42. The summed E-state index contributed by atoms with van der Waals surface area (Å²) in [6.07, 6.45) is 0. The summed E-state index contributed by atoms with van der Waals surface area (Å²) in [5.74, 6) is 0. The summed E-state index contributed by atoms with van der Waals surface area (Å²) >= 11 is 0. The van der Waals surface area contributed by atoms with Crippen molar-refractivity contribution in [2.45, 2.75) is 0 Å². The lowest BCUT2D eigenvalue weighted by Crippen LogP contribution is -2.20. The van der Waals surface area contributed by atoms with E-state index >= 15 is 0 Å². The monoisotopic (exact) mass is 278 g/mol. The standard InChI is InChI=1S/C13H18N4O3/c1-16(2)6-8-20-7-5-15-12-4-3-11(10-14)9-13(12)17(18)19/h3-4,9,15H,5-8H2,1-2H3. The van der Waals surface area contributed by atoms with E-state index in [4.69, 9.17) is 10.00 Å². The molecule has 0 heterocycles. The van der Waals surface area contributed by atoms with Crippen LogP contribution in [0.2, 0.25) is 0 Å². The van der Waals surface area contributed by atoms with Crippen LogP contribution in [-0.2, 0) is 4.74 Å². The lowest BCUT2D eigenvalue weighted by Gasteiger charge is -2.11. The molecule has 0 aliphatic carbocycles. The summed E-state index contributed by atoms with van der Waals surface area (Å²) in [5.41, 5.74) is 0.562. The first-order valence-corrected chi connectivity index (χ1v) is 6.19. The van der Waals surface area contributed by atoms with Crippen molar-refractivity contribution in [3.8, 4) is 6.07 Å². The van der Waals surface area contributed by atoms with E-state index in [1.807, 2.05) is 25.1 Å². The van der Waals surface area contributed by atoms with Gasteiger partial charge in [-0.15, -0.1) is 0 Å². The van der Waals surface area contributed by atoms with Crippen molar-refractivity contribution >= 4 is 11.4 Å². The molecule has 0 aliphatic heterocycles. The molecule has 0 aromatic heterocycles. The highest BCUT2D eigenvalue weighted by Gasteiger charge is 2.14. The van der Waals surface area contributed by atoms with Crippen LogP contribution in [0.1, 0.15) is 5.56 Å². The fourth-order valence-corrected chi connectivity index (χ4v) is 1.51. The predicted octanol–water partition coefficient (Wildman–Crippen LogP) is 1.46. The number of benzene rings is 1. The first-order chi connectivity index (χ1) is 9.54. The van der Waals surface area contributed by atoms with Crippen molar-refractivity contribution in [3.05, 3.63) is 33.9 Å². The zero-order valence-electron chi connectivity index (χ0n) is 11.6. The number of nitro groups is 1. The van der Waals surface area contributed by atoms with Crippen molar-refractivity contribution in [2.24, 2.45) is 0 Å².